The number of rotatable bonds is 3. The summed E-state index contributed by atoms with van der Waals surface area (Å²) >= 11 is 7.38. The zero-order chi connectivity index (χ0) is 18.1. The van der Waals surface area contributed by atoms with Crippen molar-refractivity contribution in [2.24, 2.45) is 0 Å². The van der Waals surface area contributed by atoms with Crippen molar-refractivity contribution in [1.29, 1.82) is 0 Å². The van der Waals surface area contributed by atoms with Gasteiger partial charge in [0.05, 0.1) is 22.5 Å². The topological polar surface area (TPSA) is 54.9 Å². The minimum absolute atomic E-state index is 0.201. The first kappa shape index (κ1) is 16.7. The summed E-state index contributed by atoms with van der Waals surface area (Å²) in [5, 5.41) is 6.83. The summed E-state index contributed by atoms with van der Waals surface area (Å²) in [6.45, 7) is 1.90. The fraction of sp³-hybridized carbons (Fsp3) is 0.0500. The molecule has 1 amide bonds. The summed E-state index contributed by atoms with van der Waals surface area (Å²) < 4.78 is 0. The number of anilines is 1. The molecule has 26 heavy (non-hydrogen) atoms. The average Bonchev–Trinajstić information content (AvgIpc) is 3.06. The molecule has 0 radical (unpaired) electrons. The Kier molecular flexibility index (Phi) is 4.41. The van der Waals surface area contributed by atoms with Gasteiger partial charge in [-0.3, -0.25) is 10.1 Å². The fourth-order valence-corrected chi connectivity index (χ4v) is 3.52. The molecule has 0 aliphatic carbocycles. The lowest BCUT2D eigenvalue weighted by molar-refractivity contribution is 0.102. The molecule has 4 nitrogen and oxygen atoms in total. The Balaban J connectivity index is 1.81. The lowest BCUT2D eigenvalue weighted by Crippen LogP contribution is -2.13. The highest BCUT2D eigenvalue weighted by atomic mass is 35.5. The van der Waals surface area contributed by atoms with Gasteiger partial charge in [0.1, 0.15) is 0 Å². The van der Waals surface area contributed by atoms with Gasteiger partial charge in [0.2, 0.25) is 0 Å². The summed E-state index contributed by atoms with van der Waals surface area (Å²) in [5.41, 5.74) is 3.83. The van der Waals surface area contributed by atoms with Crippen LogP contribution in [0.15, 0.2) is 60.0 Å². The predicted octanol–water partition coefficient (Wildman–Crippen LogP) is 5.57. The Bertz CT molecular complexity index is 1110. The summed E-state index contributed by atoms with van der Waals surface area (Å²) in [4.78, 5) is 21.9. The molecule has 2 aromatic heterocycles. The number of hydrogen-bond acceptors (Lipinski definition) is 4. The smallest absolute Gasteiger partial charge is 0.258 e. The number of thiazole rings is 1. The molecular weight excluding hydrogens is 366 g/mol. The molecule has 2 heterocycles. The van der Waals surface area contributed by atoms with E-state index in [0.29, 0.717) is 15.7 Å². The van der Waals surface area contributed by atoms with Crippen molar-refractivity contribution in [1.82, 2.24) is 9.97 Å². The monoisotopic (exact) mass is 379 g/mol. The second kappa shape index (κ2) is 6.86. The van der Waals surface area contributed by atoms with Crippen LogP contribution in [-0.4, -0.2) is 15.9 Å². The van der Waals surface area contributed by atoms with E-state index in [0.717, 1.165) is 27.9 Å². The maximum atomic E-state index is 12.9. The number of hydrogen-bond donors (Lipinski definition) is 1. The molecule has 2 aromatic carbocycles. The standard InChI is InChI=1S/C20H14ClN3OS/c1-12-11-26-20(22-12)24-19(25)16-10-18(13-6-8-14(21)9-7-13)23-17-5-3-2-4-15(16)17/h2-11H,1H3,(H,22,24,25). The molecule has 0 unspecified atom stereocenters. The lowest BCUT2D eigenvalue weighted by atomic mass is 10.0. The molecule has 4 rings (SSSR count). The SMILES string of the molecule is Cc1csc(NC(=O)c2cc(-c3ccc(Cl)cc3)nc3ccccc23)n1. The van der Waals surface area contributed by atoms with E-state index in [1.807, 2.05) is 60.8 Å². The highest BCUT2D eigenvalue weighted by Gasteiger charge is 2.15. The van der Waals surface area contributed by atoms with Crippen LogP contribution < -0.4 is 5.32 Å². The minimum Gasteiger partial charge on any atom is -0.298 e. The van der Waals surface area contributed by atoms with Gasteiger partial charge in [-0.25, -0.2) is 9.97 Å². The number of amides is 1. The van der Waals surface area contributed by atoms with Gasteiger partial charge in [0.15, 0.2) is 5.13 Å². The van der Waals surface area contributed by atoms with Crippen molar-refractivity contribution >= 4 is 44.9 Å². The molecule has 0 bridgehead atoms. The van der Waals surface area contributed by atoms with Crippen LogP contribution >= 0.6 is 22.9 Å². The van der Waals surface area contributed by atoms with Gasteiger partial charge in [0, 0.05) is 21.4 Å². The van der Waals surface area contributed by atoms with Crippen LogP contribution in [-0.2, 0) is 0 Å². The zero-order valence-corrected chi connectivity index (χ0v) is 15.4. The van der Waals surface area contributed by atoms with Crippen LogP contribution in [0.1, 0.15) is 16.1 Å². The van der Waals surface area contributed by atoms with Crippen molar-refractivity contribution < 1.29 is 4.79 Å². The van der Waals surface area contributed by atoms with Crippen LogP contribution in [0.5, 0.6) is 0 Å². The second-order valence-electron chi connectivity index (χ2n) is 5.83. The van der Waals surface area contributed by atoms with E-state index in [1.165, 1.54) is 11.3 Å². The summed E-state index contributed by atoms with van der Waals surface area (Å²) in [6.07, 6.45) is 0. The van der Waals surface area contributed by atoms with Crippen LogP contribution in [0.25, 0.3) is 22.2 Å². The van der Waals surface area contributed by atoms with E-state index in [9.17, 15) is 4.79 Å². The Morgan fingerprint density at radius 2 is 1.85 bits per heavy atom. The lowest BCUT2D eigenvalue weighted by Gasteiger charge is -2.09. The van der Waals surface area contributed by atoms with Crippen LogP contribution in [0.3, 0.4) is 0 Å². The van der Waals surface area contributed by atoms with E-state index in [1.54, 1.807) is 6.07 Å². The zero-order valence-electron chi connectivity index (χ0n) is 13.9. The number of carbonyl (C=O) groups is 1. The second-order valence-corrected chi connectivity index (χ2v) is 7.12. The molecule has 1 N–H and O–H groups in total. The predicted molar refractivity (Wildman–Crippen MR) is 107 cm³/mol. The maximum absolute atomic E-state index is 12.9. The highest BCUT2D eigenvalue weighted by Crippen LogP contribution is 2.27. The number of nitrogens with one attached hydrogen (secondary N) is 1. The van der Waals surface area contributed by atoms with Crippen LogP contribution in [0, 0.1) is 6.92 Å². The summed E-state index contributed by atoms with van der Waals surface area (Å²) in [7, 11) is 0. The van der Waals surface area contributed by atoms with Gasteiger partial charge in [-0.2, -0.15) is 0 Å². The Labute approximate surface area is 159 Å². The molecule has 0 aliphatic heterocycles. The first-order valence-corrected chi connectivity index (χ1v) is 9.25. The van der Waals surface area contributed by atoms with Crippen molar-refractivity contribution in [2.75, 3.05) is 5.32 Å². The van der Waals surface area contributed by atoms with Crippen molar-refractivity contribution in [2.45, 2.75) is 6.92 Å². The molecule has 0 saturated carbocycles. The summed E-state index contributed by atoms with van der Waals surface area (Å²) in [6, 6.07) is 16.8. The number of pyridine rings is 1. The number of nitrogens with zero attached hydrogens (tertiary/aromatic N) is 2. The molecule has 6 heteroatoms. The largest absolute Gasteiger partial charge is 0.298 e. The Morgan fingerprint density at radius 3 is 2.58 bits per heavy atom. The number of benzene rings is 2. The van der Waals surface area contributed by atoms with Crippen molar-refractivity contribution in [3.8, 4) is 11.3 Å². The molecule has 128 valence electrons. The third-order valence-electron chi connectivity index (χ3n) is 3.94. The van der Waals surface area contributed by atoms with E-state index < -0.39 is 0 Å². The number of fused-ring (bicyclic) bond motifs is 1. The number of para-hydroxylation sites is 1. The number of halogens is 1. The molecule has 0 saturated heterocycles. The van der Waals surface area contributed by atoms with E-state index in [2.05, 4.69) is 10.3 Å². The van der Waals surface area contributed by atoms with Gasteiger partial charge >= 0.3 is 0 Å². The molecule has 0 fully saturated rings. The highest BCUT2D eigenvalue weighted by molar-refractivity contribution is 7.13. The molecule has 4 aromatic rings. The third kappa shape index (κ3) is 3.31. The Morgan fingerprint density at radius 1 is 1.08 bits per heavy atom. The molecular formula is C20H14ClN3OS. The number of carbonyl (C=O) groups excluding carboxylic acids is 1. The first-order chi connectivity index (χ1) is 12.6. The van der Waals surface area contributed by atoms with Gasteiger partial charge < -0.3 is 0 Å². The number of aryl methyl sites for hydroxylation is 1. The maximum Gasteiger partial charge on any atom is 0.258 e. The van der Waals surface area contributed by atoms with Crippen LogP contribution in [0.2, 0.25) is 5.02 Å². The normalized spacial score (nSPS) is 10.8. The number of aromatic nitrogens is 2. The average molecular weight is 380 g/mol. The van der Waals surface area contributed by atoms with E-state index in [4.69, 9.17) is 16.6 Å². The van der Waals surface area contributed by atoms with E-state index in [-0.39, 0.29) is 5.91 Å². The van der Waals surface area contributed by atoms with E-state index >= 15 is 0 Å². The van der Waals surface area contributed by atoms with Crippen molar-refractivity contribution in [3.63, 3.8) is 0 Å². The van der Waals surface area contributed by atoms with Gasteiger partial charge in [-0.15, -0.1) is 11.3 Å². The van der Waals surface area contributed by atoms with Crippen molar-refractivity contribution in [3.05, 3.63) is 76.3 Å². The fourth-order valence-electron chi connectivity index (χ4n) is 2.71. The quantitative estimate of drug-likeness (QED) is 0.506. The third-order valence-corrected chi connectivity index (χ3v) is 5.07. The minimum atomic E-state index is -0.201. The Hall–Kier alpha value is -2.76. The van der Waals surface area contributed by atoms with Gasteiger partial charge in [-0.1, -0.05) is 41.9 Å². The molecule has 0 spiro atoms. The summed E-state index contributed by atoms with van der Waals surface area (Å²) in [5.74, 6) is -0.201. The van der Waals surface area contributed by atoms with Gasteiger partial charge in [-0.05, 0) is 31.2 Å². The first-order valence-electron chi connectivity index (χ1n) is 7.99. The van der Waals surface area contributed by atoms with Crippen LogP contribution in [0.4, 0.5) is 5.13 Å². The molecule has 0 atom stereocenters. The molecule has 0 aliphatic rings. The van der Waals surface area contributed by atoms with Gasteiger partial charge in [0.25, 0.3) is 5.91 Å².